The molecule has 1 aromatic heterocycles. The smallest absolute Gasteiger partial charge is 0.141 e. The Balaban J connectivity index is 1.72. The van der Waals surface area contributed by atoms with E-state index in [2.05, 4.69) is 35.1 Å². The summed E-state index contributed by atoms with van der Waals surface area (Å²) in [6.45, 7) is 2.89. The molecular weight excluding hydrogens is 342 g/mol. The lowest BCUT2D eigenvalue weighted by Gasteiger charge is -2.33. The molecule has 1 aliphatic rings. The Hall–Kier alpha value is -2.37. The van der Waals surface area contributed by atoms with Gasteiger partial charge in [-0.05, 0) is 37.5 Å². The van der Waals surface area contributed by atoms with Gasteiger partial charge in [0.15, 0.2) is 0 Å². The van der Waals surface area contributed by atoms with Crippen LogP contribution in [0.5, 0.6) is 0 Å². The van der Waals surface area contributed by atoms with Gasteiger partial charge in [-0.25, -0.2) is 0 Å². The SMILES string of the molecule is CSCCNc1cccc2c1C=CC(N)(c1cccc3cc(C)oc13)N2. The minimum absolute atomic E-state index is 0.811. The highest BCUT2D eigenvalue weighted by molar-refractivity contribution is 7.98. The first-order valence-corrected chi connectivity index (χ1v) is 10.1. The third-order valence-electron chi connectivity index (χ3n) is 4.70. The van der Waals surface area contributed by atoms with Crippen molar-refractivity contribution in [3.05, 3.63) is 65.4 Å². The molecule has 1 atom stereocenters. The molecule has 4 N–H and O–H groups in total. The van der Waals surface area contributed by atoms with Crippen LogP contribution >= 0.6 is 11.8 Å². The zero-order valence-corrected chi connectivity index (χ0v) is 15.8. The van der Waals surface area contributed by atoms with Crippen molar-refractivity contribution < 1.29 is 4.42 Å². The molecule has 4 nitrogen and oxygen atoms in total. The Morgan fingerprint density at radius 2 is 2.08 bits per heavy atom. The minimum atomic E-state index is -0.811. The van der Waals surface area contributed by atoms with Crippen LogP contribution in [0.2, 0.25) is 0 Å². The van der Waals surface area contributed by atoms with Crippen LogP contribution in [-0.4, -0.2) is 18.6 Å². The topological polar surface area (TPSA) is 63.2 Å². The number of fused-ring (bicyclic) bond motifs is 2. The zero-order valence-electron chi connectivity index (χ0n) is 15.0. The predicted molar refractivity (Wildman–Crippen MR) is 113 cm³/mol. The maximum Gasteiger partial charge on any atom is 0.141 e. The van der Waals surface area contributed by atoms with Crippen LogP contribution < -0.4 is 16.4 Å². The number of hydrogen-bond acceptors (Lipinski definition) is 5. The fraction of sp³-hybridized carbons (Fsp3) is 0.238. The van der Waals surface area contributed by atoms with E-state index in [9.17, 15) is 0 Å². The van der Waals surface area contributed by atoms with Gasteiger partial charge >= 0.3 is 0 Å². The van der Waals surface area contributed by atoms with Crippen LogP contribution in [0.1, 0.15) is 16.9 Å². The van der Waals surface area contributed by atoms with Gasteiger partial charge in [0.05, 0.1) is 0 Å². The van der Waals surface area contributed by atoms with Crippen molar-refractivity contribution >= 4 is 40.2 Å². The number of hydrogen-bond donors (Lipinski definition) is 3. The number of rotatable bonds is 5. The van der Waals surface area contributed by atoms with Crippen molar-refractivity contribution in [2.24, 2.45) is 5.73 Å². The van der Waals surface area contributed by atoms with Crippen LogP contribution in [0.15, 0.2) is 53.0 Å². The van der Waals surface area contributed by atoms with Crippen molar-refractivity contribution in [3.8, 4) is 0 Å². The molecule has 1 aliphatic heterocycles. The molecule has 1 unspecified atom stereocenters. The lowest BCUT2D eigenvalue weighted by atomic mass is 9.92. The Morgan fingerprint density at radius 3 is 2.92 bits per heavy atom. The number of para-hydroxylation sites is 1. The van der Waals surface area contributed by atoms with E-state index >= 15 is 0 Å². The number of benzene rings is 2. The van der Waals surface area contributed by atoms with Gasteiger partial charge in [-0.15, -0.1) is 0 Å². The predicted octanol–water partition coefficient (Wildman–Crippen LogP) is 4.77. The van der Waals surface area contributed by atoms with E-state index in [-0.39, 0.29) is 0 Å². The first-order chi connectivity index (χ1) is 12.6. The summed E-state index contributed by atoms with van der Waals surface area (Å²) < 4.78 is 5.93. The Bertz CT molecular complexity index is 979. The van der Waals surface area contributed by atoms with E-state index in [1.54, 1.807) is 0 Å². The molecule has 2 aromatic carbocycles. The molecule has 0 saturated heterocycles. The average Bonchev–Trinajstić information content (AvgIpc) is 3.01. The summed E-state index contributed by atoms with van der Waals surface area (Å²) >= 11 is 1.83. The van der Waals surface area contributed by atoms with Crippen LogP contribution in [0.4, 0.5) is 11.4 Å². The van der Waals surface area contributed by atoms with E-state index in [0.717, 1.165) is 51.5 Å². The van der Waals surface area contributed by atoms with E-state index in [1.807, 2.05) is 55.1 Å². The summed E-state index contributed by atoms with van der Waals surface area (Å²) in [4.78, 5) is 0. The highest BCUT2D eigenvalue weighted by Crippen LogP contribution is 2.38. The van der Waals surface area contributed by atoms with E-state index in [1.165, 1.54) is 0 Å². The third-order valence-corrected chi connectivity index (χ3v) is 5.31. The molecule has 0 amide bonds. The van der Waals surface area contributed by atoms with Gasteiger partial charge in [-0.2, -0.15) is 11.8 Å². The van der Waals surface area contributed by atoms with Crippen molar-refractivity contribution in [2.45, 2.75) is 12.6 Å². The molecule has 26 heavy (non-hydrogen) atoms. The largest absolute Gasteiger partial charge is 0.461 e. The minimum Gasteiger partial charge on any atom is -0.461 e. The molecule has 0 fully saturated rings. The van der Waals surface area contributed by atoms with Crippen molar-refractivity contribution in [1.29, 1.82) is 0 Å². The number of nitrogens with two attached hydrogens (primary N) is 1. The fourth-order valence-corrected chi connectivity index (χ4v) is 3.76. The van der Waals surface area contributed by atoms with Crippen molar-refractivity contribution in [2.75, 3.05) is 29.2 Å². The molecule has 0 saturated carbocycles. The van der Waals surface area contributed by atoms with Gasteiger partial charge in [0.1, 0.15) is 17.0 Å². The van der Waals surface area contributed by atoms with Gasteiger partial charge in [0, 0.05) is 40.2 Å². The standard InChI is InChI=1S/C21H23N3OS/c1-14-13-15-5-3-6-17(20(15)25-14)21(22)10-9-16-18(23-11-12-26-2)7-4-8-19(16)24-21/h3-10,13,23-24H,11-12,22H2,1-2H3. The number of aryl methyl sites for hydroxylation is 1. The highest BCUT2D eigenvalue weighted by atomic mass is 32.2. The molecule has 0 bridgehead atoms. The summed E-state index contributed by atoms with van der Waals surface area (Å²) in [7, 11) is 0. The maximum absolute atomic E-state index is 6.76. The molecule has 0 spiro atoms. The van der Waals surface area contributed by atoms with E-state index in [4.69, 9.17) is 10.2 Å². The average molecular weight is 366 g/mol. The monoisotopic (exact) mass is 365 g/mol. The summed E-state index contributed by atoms with van der Waals surface area (Å²) in [5, 5.41) is 8.08. The first-order valence-electron chi connectivity index (χ1n) is 8.72. The lowest BCUT2D eigenvalue weighted by Crippen LogP contribution is -2.44. The van der Waals surface area contributed by atoms with Crippen LogP contribution in [0.3, 0.4) is 0 Å². The van der Waals surface area contributed by atoms with E-state index < -0.39 is 5.66 Å². The molecule has 3 aromatic rings. The van der Waals surface area contributed by atoms with Crippen LogP contribution in [-0.2, 0) is 5.66 Å². The summed E-state index contributed by atoms with van der Waals surface area (Å²) in [5.74, 6) is 1.96. The third kappa shape index (κ3) is 2.97. The van der Waals surface area contributed by atoms with Gasteiger partial charge < -0.3 is 20.8 Å². The second-order valence-corrected chi connectivity index (χ2v) is 7.58. The number of thioether (sulfide) groups is 1. The summed E-state index contributed by atoms with van der Waals surface area (Å²) in [6.07, 6.45) is 6.23. The number of furan rings is 1. The summed E-state index contributed by atoms with van der Waals surface area (Å²) in [5.41, 5.74) is 11.0. The molecule has 134 valence electrons. The van der Waals surface area contributed by atoms with Crippen LogP contribution in [0.25, 0.3) is 17.0 Å². The Kier molecular flexibility index (Phi) is 4.42. The fourth-order valence-electron chi connectivity index (χ4n) is 3.45. The molecule has 2 heterocycles. The quantitative estimate of drug-likeness (QED) is 0.569. The molecule has 0 aliphatic carbocycles. The van der Waals surface area contributed by atoms with Crippen molar-refractivity contribution in [3.63, 3.8) is 0 Å². The number of nitrogens with one attached hydrogen (secondary N) is 2. The Labute approximate surface area is 157 Å². The van der Waals surface area contributed by atoms with Crippen molar-refractivity contribution in [1.82, 2.24) is 0 Å². The second kappa shape index (κ2) is 6.74. The van der Waals surface area contributed by atoms with Gasteiger partial charge in [0.25, 0.3) is 0 Å². The molecule has 4 rings (SSSR count). The molecule has 5 heteroatoms. The molecular formula is C21H23N3OS. The van der Waals surface area contributed by atoms with Crippen LogP contribution in [0, 0.1) is 6.92 Å². The number of anilines is 2. The van der Waals surface area contributed by atoms with E-state index in [0.29, 0.717) is 0 Å². The van der Waals surface area contributed by atoms with Gasteiger partial charge in [0.2, 0.25) is 0 Å². The van der Waals surface area contributed by atoms with Gasteiger partial charge in [-0.3, -0.25) is 0 Å². The lowest BCUT2D eigenvalue weighted by molar-refractivity contribution is 0.558. The zero-order chi connectivity index (χ0) is 18.1. The Morgan fingerprint density at radius 1 is 1.23 bits per heavy atom. The normalized spacial score (nSPS) is 18.6. The second-order valence-electron chi connectivity index (χ2n) is 6.59. The molecule has 0 radical (unpaired) electrons. The summed E-state index contributed by atoms with van der Waals surface area (Å²) in [6, 6.07) is 14.3. The van der Waals surface area contributed by atoms with Gasteiger partial charge in [-0.1, -0.05) is 30.3 Å². The maximum atomic E-state index is 6.76. The first kappa shape index (κ1) is 17.1. The highest BCUT2D eigenvalue weighted by Gasteiger charge is 2.31.